The maximum atomic E-state index is 14.9. The third kappa shape index (κ3) is 4.78. The zero-order chi connectivity index (χ0) is 29.1. The molecule has 1 aromatic carbocycles. The van der Waals surface area contributed by atoms with Crippen molar-refractivity contribution in [1.82, 2.24) is 14.3 Å². The molecule has 2 aromatic heterocycles. The molecule has 4 rings (SSSR count). The standard InChI is InChI=1S/C24H17ClF7N5OS/c1-36-18(22(26,23(27,28)29)24(30,31)32)7-15(19(34)39)20(36)37-10-13(9-35-37)12-2-3-16(25)14(6-12)17(38)8-21(11-33)4-5-21/h2-3,6-7,9-10H,4-5,8H2,1H3,(H2,34,39). The van der Waals surface area contributed by atoms with Gasteiger partial charge in [0.2, 0.25) is 0 Å². The number of benzene rings is 1. The van der Waals surface area contributed by atoms with Gasteiger partial charge in [0, 0.05) is 30.8 Å². The number of thiocarbonyl (C=S) groups is 1. The Hall–Kier alpha value is -3.44. The van der Waals surface area contributed by atoms with E-state index in [1.807, 2.05) is 0 Å². The smallest absolute Gasteiger partial charge is 0.389 e. The van der Waals surface area contributed by atoms with Gasteiger partial charge in [-0.2, -0.15) is 36.7 Å². The number of alkyl halides is 7. The van der Waals surface area contributed by atoms with E-state index in [0.717, 1.165) is 11.7 Å². The molecule has 1 aliphatic rings. The molecule has 1 aliphatic carbocycles. The molecule has 15 heteroatoms. The minimum absolute atomic E-state index is 0.0290. The van der Waals surface area contributed by atoms with Crippen molar-refractivity contribution in [1.29, 1.82) is 5.26 Å². The predicted octanol–water partition coefficient (Wildman–Crippen LogP) is 6.33. The second kappa shape index (κ2) is 9.34. The Morgan fingerprint density at radius 2 is 1.74 bits per heavy atom. The average Bonchev–Trinajstić information content (AvgIpc) is 3.27. The van der Waals surface area contributed by atoms with Gasteiger partial charge in [-0.3, -0.25) is 4.79 Å². The van der Waals surface area contributed by atoms with Crippen LogP contribution in [0.2, 0.25) is 5.02 Å². The molecule has 0 saturated heterocycles. The lowest BCUT2D eigenvalue weighted by Gasteiger charge is -2.30. The summed E-state index contributed by atoms with van der Waals surface area (Å²) in [7, 11) is 0.793. The number of carbonyl (C=O) groups excluding carboxylic acids is 1. The number of nitriles is 1. The molecule has 0 bridgehead atoms. The number of nitrogens with zero attached hydrogens (tertiary/aromatic N) is 4. The third-order valence-electron chi connectivity index (χ3n) is 6.59. The van der Waals surface area contributed by atoms with E-state index < -0.39 is 45.5 Å². The lowest BCUT2D eigenvalue weighted by molar-refractivity contribution is -0.350. The fourth-order valence-electron chi connectivity index (χ4n) is 4.22. The van der Waals surface area contributed by atoms with Gasteiger partial charge in [-0.25, -0.2) is 9.07 Å². The van der Waals surface area contributed by atoms with Gasteiger partial charge in [-0.15, -0.1) is 0 Å². The Morgan fingerprint density at radius 1 is 1.13 bits per heavy atom. The second-order valence-electron chi connectivity index (χ2n) is 9.20. The zero-order valence-corrected chi connectivity index (χ0v) is 21.4. The Bertz CT molecular complexity index is 1510. The minimum Gasteiger partial charge on any atom is -0.389 e. The molecule has 1 fully saturated rings. The summed E-state index contributed by atoms with van der Waals surface area (Å²) in [6, 6.07) is 6.80. The van der Waals surface area contributed by atoms with Crippen LogP contribution < -0.4 is 5.73 Å². The molecule has 0 atom stereocenters. The van der Waals surface area contributed by atoms with Gasteiger partial charge in [0.05, 0.1) is 34.0 Å². The highest BCUT2D eigenvalue weighted by Crippen LogP contribution is 2.54. The monoisotopic (exact) mass is 591 g/mol. The molecule has 6 nitrogen and oxygen atoms in total. The summed E-state index contributed by atoms with van der Waals surface area (Å²) in [5, 5.41) is 13.4. The first-order valence-electron chi connectivity index (χ1n) is 11.1. The fraction of sp³-hybridized carbons (Fsp3) is 0.333. The molecule has 1 saturated carbocycles. The lowest BCUT2D eigenvalue weighted by Crippen LogP contribution is -2.51. The van der Waals surface area contributed by atoms with Gasteiger partial charge >= 0.3 is 18.0 Å². The molecule has 206 valence electrons. The first-order chi connectivity index (χ1) is 18.0. The van der Waals surface area contributed by atoms with Gasteiger partial charge in [0.1, 0.15) is 10.8 Å². The molecule has 3 aromatic rings. The molecule has 2 heterocycles. The number of Topliss-reactive ketones (excluding diaryl/α,β-unsaturated/α-hetero) is 1. The number of halogens is 8. The third-order valence-corrected chi connectivity index (χ3v) is 7.14. The van der Waals surface area contributed by atoms with E-state index in [2.05, 4.69) is 11.2 Å². The lowest BCUT2D eigenvalue weighted by atomic mass is 9.95. The van der Waals surface area contributed by atoms with E-state index in [1.54, 1.807) is 0 Å². The van der Waals surface area contributed by atoms with Crippen molar-refractivity contribution in [2.45, 2.75) is 37.3 Å². The van der Waals surface area contributed by atoms with Gasteiger partial charge in [0.15, 0.2) is 5.78 Å². The number of nitrogens with two attached hydrogens (primary N) is 1. The number of carbonyl (C=O) groups is 1. The molecule has 0 spiro atoms. The van der Waals surface area contributed by atoms with Crippen LogP contribution in [-0.2, 0) is 12.7 Å². The van der Waals surface area contributed by atoms with Gasteiger partial charge in [0.25, 0.3) is 0 Å². The predicted molar refractivity (Wildman–Crippen MR) is 130 cm³/mol. The molecule has 0 unspecified atom stereocenters. The Labute approximate surface area is 226 Å². The Balaban J connectivity index is 1.79. The van der Waals surface area contributed by atoms with E-state index in [1.165, 1.54) is 30.6 Å². The summed E-state index contributed by atoms with van der Waals surface area (Å²) in [5.74, 6) is -0.816. The molecule has 39 heavy (non-hydrogen) atoms. The van der Waals surface area contributed by atoms with Crippen LogP contribution in [-0.4, -0.2) is 37.5 Å². The van der Waals surface area contributed by atoms with E-state index in [4.69, 9.17) is 29.6 Å². The molecular formula is C24H17ClF7N5OS. The number of aromatic nitrogens is 3. The minimum atomic E-state index is -6.35. The van der Waals surface area contributed by atoms with Crippen molar-refractivity contribution in [2.24, 2.45) is 18.2 Å². The second-order valence-corrected chi connectivity index (χ2v) is 10.1. The van der Waals surface area contributed by atoms with E-state index >= 15 is 0 Å². The Morgan fingerprint density at radius 3 is 2.26 bits per heavy atom. The summed E-state index contributed by atoms with van der Waals surface area (Å²) in [4.78, 5) is 12.2. The SMILES string of the molecule is Cn1c(C(F)(C(F)(F)F)C(F)(F)F)cc(C(N)=S)c1-n1cc(-c2ccc(Cl)c(C(=O)CC3(C#N)CC3)c2)cn1. The topological polar surface area (TPSA) is 89.6 Å². The van der Waals surface area contributed by atoms with Crippen LogP contribution in [0.15, 0.2) is 36.7 Å². The summed E-state index contributed by atoms with van der Waals surface area (Å²) < 4.78 is 96.8. The van der Waals surface area contributed by atoms with Crippen LogP contribution in [0.3, 0.4) is 0 Å². The first-order valence-corrected chi connectivity index (χ1v) is 11.9. The molecule has 0 amide bonds. The van der Waals surface area contributed by atoms with Crippen LogP contribution in [0.4, 0.5) is 30.7 Å². The van der Waals surface area contributed by atoms with Crippen LogP contribution in [0.1, 0.15) is 40.9 Å². The number of ketones is 1. The zero-order valence-electron chi connectivity index (χ0n) is 19.8. The molecule has 0 radical (unpaired) electrons. The first kappa shape index (κ1) is 28.6. The summed E-state index contributed by atoms with van der Waals surface area (Å²) in [6.45, 7) is 0. The number of hydrogen-bond donors (Lipinski definition) is 1. The number of hydrogen-bond acceptors (Lipinski definition) is 4. The van der Waals surface area contributed by atoms with Gasteiger partial charge in [-0.05, 0) is 36.6 Å². The van der Waals surface area contributed by atoms with Gasteiger partial charge in [-0.1, -0.05) is 29.9 Å². The number of rotatable bonds is 7. The Kier molecular flexibility index (Phi) is 6.84. The van der Waals surface area contributed by atoms with Crippen LogP contribution in [0.25, 0.3) is 16.9 Å². The molecular weight excluding hydrogens is 575 g/mol. The van der Waals surface area contributed by atoms with Crippen molar-refractivity contribution < 1.29 is 35.5 Å². The van der Waals surface area contributed by atoms with E-state index in [-0.39, 0.29) is 28.4 Å². The summed E-state index contributed by atoms with van der Waals surface area (Å²) in [5.41, 5.74) is -2.35. The highest BCUT2D eigenvalue weighted by atomic mass is 35.5. The molecule has 2 N–H and O–H groups in total. The van der Waals surface area contributed by atoms with E-state index in [0.29, 0.717) is 29.0 Å². The van der Waals surface area contributed by atoms with Gasteiger partial charge < -0.3 is 10.3 Å². The van der Waals surface area contributed by atoms with Crippen LogP contribution in [0.5, 0.6) is 0 Å². The molecule has 0 aliphatic heterocycles. The maximum Gasteiger partial charge on any atom is 0.437 e. The highest BCUT2D eigenvalue weighted by Gasteiger charge is 2.75. The van der Waals surface area contributed by atoms with Crippen molar-refractivity contribution >= 4 is 34.6 Å². The quantitative estimate of drug-likeness (QED) is 0.197. The van der Waals surface area contributed by atoms with Crippen molar-refractivity contribution in [3.05, 3.63) is 58.5 Å². The summed E-state index contributed by atoms with van der Waals surface area (Å²) in [6.07, 6.45) is -9.10. The van der Waals surface area contributed by atoms with Crippen molar-refractivity contribution in [2.75, 3.05) is 0 Å². The maximum absolute atomic E-state index is 14.9. The van der Waals surface area contributed by atoms with E-state index in [9.17, 15) is 40.8 Å². The van der Waals surface area contributed by atoms with Crippen molar-refractivity contribution in [3.63, 3.8) is 0 Å². The van der Waals surface area contributed by atoms with Crippen molar-refractivity contribution in [3.8, 4) is 23.0 Å². The fourth-order valence-corrected chi connectivity index (χ4v) is 4.59. The summed E-state index contributed by atoms with van der Waals surface area (Å²) >= 11 is 11.0. The average molecular weight is 592 g/mol. The van der Waals surface area contributed by atoms with Crippen LogP contribution >= 0.6 is 23.8 Å². The van der Waals surface area contributed by atoms with Crippen LogP contribution in [0, 0.1) is 16.7 Å². The highest BCUT2D eigenvalue weighted by molar-refractivity contribution is 7.80. The largest absolute Gasteiger partial charge is 0.437 e. The normalized spacial score (nSPS) is 15.2.